The number of amides is 1. The fraction of sp³-hybridized carbons (Fsp3) is 0.333. The minimum atomic E-state index is -0.0781. The van der Waals surface area contributed by atoms with Gasteiger partial charge in [-0.25, -0.2) is 0 Å². The van der Waals surface area contributed by atoms with Gasteiger partial charge in [0.05, 0.1) is 24.9 Å². The third-order valence-electron chi connectivity index (χ3n) is 3.90. The Morgan fingerprint density at radius 3 is 2.78 bits per heavy atom. The van der Waals surface area contributed by atoms with Crippen LogP contribution in [0.4, 0.5) is 5.69 Å². The molecule has 23 heavy (non-hydrogen) atoms. The molecule has 2 aromatic rings. The van der Waals surface area contributed by atoms with E-state index >= 15 is 0 Å². The first kappa shape index (κ1) is 15.3. The summed E-state index contributed by atoms with van der Waals surface area (Å²) in [5.41, 5.74) is 2.28. The molecule has 0 aliphatic carbocycles. The van der Waals surface area contributed by atoms with Crippen LogP contribution in [0.1, 0.15) is 35.8 Å². The lowest BCUT2D eigenvalue weighted by atomic mass is 10.1. The van der Waals surface area contributed by atoms with Crippen LogP contribution in [0.3, 0.4) is 0 Å². The van der Waals surface area contributed by atoms with Crippen molar-refractivity contribution >= 4 is 11.6 Å². The summed E-state index contributed by atoms with van der Waals surface area (Å²) in [4.78, 5) is 18.9. The van der Waals surface area contributed by atoms with Gasteiger partial charge < -0.3 is 14.4 Å². The third-order valence-corrected chi connectivity index (χ3v) is 3.90. The van der Waals surface area contributed by atoms with Crippen LogP contribution >= 0.6 is 0 Å². The van der Waals surface area contributed by atoms with Crippen LogP contribution in [0.5, 0.6) is 11.5 Å². The molecule has 0 bridgehead atoms. The number of methoxy groups -OCH3 is 1. The summed E-state index contributed by atoms with van der Waals surface area (Å²) in [5, 5.41) is 0. The first-order valence-electron chi connectivity index (χ1n) is 7.69. The highest BCUT2D eigenvalue weighted by molar-refractivity contribution is 6.07. The Hall–Kier alpha value is -2.56. The normalized spacial score (nSPS) is 13.5. The van der Waals surface area contributed by atoms with Crippen molar-refractivity contribution < 1.29 is 14.3 Å². The zero-order valence-electron chi connectivity index (χ0n) is 13.6. The predicted molar refractivity (Wildman–Crippen MR) is 88.5 cm³/mol. The number of aromatic nitrogens is 1. The topological polar surface area (TPSA) is 51.7 Å². The Morgan fingerprint density at radius 1 is 1.30 bits per heavy atom. The number of ether oxygens (including phenoxy) is 2. The van der Waals surface area contributed by atoms with Gasteiger partial charge in [0.1, 0.15) is 18.1 Å². The lowest BCUT2D eigenvalue weighted by Crippen LogP contribution is -2.38. The lowest BCUT2D eigenvalue weighted by Gasteiger charge is -2.29. The van der Waals surface area contributed by atoms with Crippen molar-refractivity contribution in [1.29, 1.82) is 0 Å². The van der Waals surface area contributed by atoms with Crippen LogP contribution in [0.2, 0.25) is 0 Å². The Bertz CT molecular complexity index is 711. The highest BCUT2D eigenvalue weighted by Gasteiger charge is 2.25. The number of fused-ring (bicyclic) bond motifs is 1. The molecule has 120 valence electrons. The van der Waals surface area contributed by atoms with Gasteiger partial charge in [0.2, 0.25) is 0 Å². The molecule has 0 radical (unpaired) electrons. The zero-order chi connectivity index (χ0) is 16.4. The van der Waals surface area contributed by atoms with Crippen molar-refractivity contribution in [2.75, 3.05) is 25.2 Å². The second-order valence-corrected chi connectivity index (χ2v) is 5.77. The molecule has 0 N–H and O–H groups in total. The molecule has 1 amide bonds. The third kappa shape index (κ3) is 2.99. The summed E-state index contributed by atoms with van der Waals surface area (Å²) >= 11 is 0. The fourth-order valence-electron chi connectivity index (χ4n) is 2.56. The number of hydrogen-bond acceptors (Lipinski definition) is 4. The van der Waals surface area contributed by atoms with Crippen LogP contribution in [0.15, 0.2) is 36.5 Å². The first-order chi connectivity index (χ1) is 11.1. The SMILES string of the molecule is COc1ccc2c(c1)N(C(=O)c1ccc(C(C)C)nc1)CCO2. The summed E-state index contributed by atoms with van der Waals surface area (Å²) in [7, 11) is 1.60. The van der Waals surface area contributed by atoms with Crippen molar-refractivity contribution in [2.45, 2.75) is 19.8 Å². The number of rotatable bonds is 3. The van der Waals surface area contributed by atoms with E-state index in [4.69, 9.17) is 9.47 Å². The van der Waals surface area contributed by atoms with E-state index in [0.717, 1.165) is 11.4 Å². The number of pyridine rings is 1. The molecule has 0 spiro atoms. The zero-order valence-corrected chi connectivity index (χ0v) is 13.6. The molecule has 5 nitrogen and oxygen atoms in total. The van der Waals surface area contributed by atoms with Gasteiger partial charge in [-0.3, -0.25) is 9.78 Å². The van der Waals surface area contributed by atoms with Gasteiger partial charge in [0.15, 0.2) is 0 Å². The van der Waals surface area contributed by atoms with Crippen LogP contribution < -0.4 is 14.4 Å². The van der Waals surface area contributed by atoms with E-state index in [1.54, 1.807) is 18.2 Å². The van der Waals surface area contributed by atoms with E-state index in [9.17, 15) is 4.79 Å². The van der Waals surface area contributed by atoms with Crippen LogP contribution in [-0.2, 0) is 0 Å². The second kappa shape index (κ2) is 6.28. The van der Waals surface area contributed by atoms with Crippen molar-refractivity contribution in [3.8, 4) is 11.5 Å². The largest absolute Gasteiger partial charge is 0.497 e. The van der Waals surface area contributed by atoms with E-state index in [1.165, 1.54) is 0 Å². The van der Waals surface area contributed by atoms with Gasteiger partial charge in [-0.15, -0.1) is 0 Å². The fourth-order valence-corrected chi connectivity index (χ4v) is 2.56. The van der Waals surface area contributed by atoms with Gasteiger partial charge in [-0.1, -0.05) is 13.8 Å². The monoisotopic (exact) mass is 312 g/mol. The molecular formula is C18H20N2O3. The van der Waals surface area contributed by atoms with Crippen LogP contribution in [-0.4, -0.2) is 31.2 Å². The lowest BCUT2D eigenvalue weighted by molar-refractivity contribution is 0.0976. The Labute approximate surface area is 135 Å². The molecule has 0 saturated carbocycles. The second-order valence-electron chi connectivity index (χ2n) is 5.77. The summed E-state index contributed by atoms with van der Waals surface area (Å²) < 4.78 is 10.9. The van der Waals surface area contributed by atoms with Crippen molar-refractivity contribution in [3.63, 3.8) is 0 Å². The average Bonchev–Trinajstić information content (AvgIpc) is 2.60. The van der Waals surface area contributed by atoms with E-state index in [2.05, 4.69) is 18.8 Å². The van der Waals surface area contributed by atoms with Gasteiger partial charge in [0, 0.05) is 18.0 Å². The van der Waals surface area contributed by atoms with E-state index in [1.807, 2.05) is 30.3 Å². The molecule has 1 aromatic heterocycles. The first-order valence-corrected chi connectivity index (χ1v) is 7.69. The maximum absolute atomic E-state index is 12.8. The van der Waals surface area contributed by atoms with Crippen LogP contribution in [0, 0.1) is 0 Å². The molecule has 2 heterocycles. The molecule has 1 aliphatic rings. The van der Waals surface area contributed by atoms with Gasteiger partial charge >= 0.3 is 0 Å². The number of anilines is 1. The van der Waals surface area contributed by atoms with E-state index in [0.29, 0.717) is 36.1 Å². The minimum Gasteiger partial charge on any atom is -0.497 e. The molecule has 0 atom stereocenters. The number of benzene rings is 1. The highest BCUT2D eigenvalue weighted by atomic mass is 16.5. The summed E-state index contributed by atoms with van der Waals surface area (Å²) in [6.45, 7) is 5.14. The van der Waals surface area contributed by atoms with E-state index < -0.39 is 0 Å². The molecule has 5 heteroatoms. The Balaban J connectivity index is 1.92. The van der Waals surface area contributed by atoms with E-state index in [-0.39, 0.29) is 5.91 Å². The number of hydrogen-bond donors (Lipinski definition) is 0. The predicted octanol–water partition coefficient (Wildman–Crippen LogP) is 3.25. The summed E-state index contributed by atoms with van der Waals surface area (Å²) in [5.74, 6) is 1.65. The van der Waals surface area contributed by atoms with Crippen molar-refractivity contribution in [1.82, 2.24) is 4.98 Å². The maximum atomic E-state index is 12.8. The molecule has 0 saturated heterocycles. The maximum Gasteiger partial charge on any atom is 0.260 e. The quantitative estimate of drug-likeness (QED) is 0.873. The molecule has 1 aromatic carbocycles. The molecule has 3 rings (SSSR count). The van der Waals surface area contributed by atoms with Gasteiger partial charge in [0.25, 0.3) is 5.91 Å². The van der Waals surface area contributed by atoms with Gasteiger partial charge in [-0.2, -0.15) is 0 Å². The van der Waals surface area contributed by atoms with Crippen molar-refractivity contribution in [2.24, 2.45) is 0 Å². The standard InChI is InChI=1S/C18H20N2O3/c1-12(2)15-6-4-13(11-19-15)18(21)20-8-9-23-17-7-5-14(22-3)10-16(17)20/h4-7,10-12H,8-9H2,1-3H3. The molecule has 0 unspecified atom stereocenters. The number of carbonyl (C=O) groups excluding carboxylic acids is 1. The minimum absolute atomic E-state index is 0.0781. The number of carbonyl (C=O) groups is 1. The highest BCUT2D eigenvalue weighted by Crippen LogP contribution is 2.35. The summed E-state index contributed by atoms with van der Waals surface area (Å²) in [6.07, 6.45) is 1.65. The smallest absolute Gasteiger partial charge is 0.260 e. The van der Waals surface area contributed by atoms with Gasteiger partial charge in [-0.05, 0) is 30.2 Å². The molecular weight excluding hydrogens is 292 g/mol. The summed E-state index contributed by atoms with van der Waals surface area (Å²) in [6, 6.07) is 9.21. The van der Waals surface area contributed by atoms with Crippen molar-refractivity contribution in [3.05, 3.63) is 47.8 Å². The number of nitrogens with zero attached hydrogens (tertiary/aromatic N) is 2. The molecule has 1 aliphatic heterocycles. The Kier molecular flexibility index (Phi) is 4.19. The average molecular weight is 312 g/mol. The van der Waals surface area contributed by atoms with Crippen LogP contribution in [0.25, 0.3) is 0 Å². The Morgan fingerprint density at radius 2 is 2.13 bits per heavy atom. The molecule has 0 fully saturated rings.